The van der Waals surface area contributed by atoms with Crippen LogP contribution in [-0.4, -0.2) is 24.5 Å². The molecule has 0 bridgehead atoms. The van der Waals surface area contributed by atoms with Crippen molar-refractivity contribution < 1.29 is 28.6 Å². The molecule has 5 rings (SSSR count). The Morgan fingerprint density at radius 1 is 0.745 bits per heavy atom. The maximum absolute atomic E-state index is 13.5. The quantitative estimate of drug-likeness (QED) is 0.0933. The fourth-order valence-electron chi connectivity index (χ4n) is 6.35. The smallest absolute Gasteiger partial charge is 0.343 e. The third kappa shape index (κ3) is 8.25. The second-order valence-corrected chi connectivity index (χ2v) is 12.5. The summed E-state index contributed by atoms with van der Waals surface area (Å²) in [6.45, 7) is 8.40. The molecule has 0 heterocycles. The number of hydrogen-bond acceptors (Lipinski definition) is 6. The molecule has 0 N–H and O–H groups in total. The lowest BCUT2D eigenvalue weighted by atomic mass is 9.70. The zero-order chi connectivity index (χ0) is 33.3. The summed E-state index contributed by atoms with van der Waals surface area (Å²) >= 11 is 0. The van der Waals surface area contributed by atoms with Crippen molar-refractivity contribution in [3.8, 4) is 11.5 Å². The van der Waals surface area contributed by atoms with E-state index in [4.69, 9.17) is 14.2 Å². The van der Waals surface area contributed by atoms with Crippen LogP contribution in [0.15, 0.2) is 109 Å². The summed E-state index contributed by atoms with van der Waals surface area (Å²) in [5.74, 6) is -0.814. The zero-order valence-electron chi connectivity index (χ0n) is 27.5. The standard InChI is InChI=1S/C41H42O6/c1-27(2)15-14-22-33(26-45-39(42)30-16-8-5-9-17-30)34-24-23-28(3)36-35(34)25-29(4)37(46-40(43)31-18-10-6-11-19-31)38(36)47-41(44)32-20-12-7-13-21-32/h5-13,15-21,25,28,33-34H,14,22-24,26H2,1-4H3/t28-,33?,34+/m1/s1. The largest absolute Gasteiger partial charge is 0.462 e. The molecule has 4 aromatic rings. The highest BCUT2D eigenvalue weighted by molar-refractivity contribution is 5.94. The number of ether oxygens (including phenoxy) is 3. The van der Waals surface area contributed by atoms with Crippen molar-refractivity contribution in [1.82, 2.24) is 0 Å². The van der Waals surface area contributed by atoms with Crippen molar-refractivity contribution in [2.45, 2.75) is 65.2 Å². The first-order chi connectivity index (χ1) is 22.7. The Hall–Kier alpha value is -4.97. The van der Waals surface area contributed by atoms with Crippen LogP contribution in [0.1, 0.15) is 106 Å². The molecule has 1 aliphatic rings. The minimum Gasteiger partial charge on any atom is -0.462 e. The Morgan fingerprint density at radius 3 is 1.79 bits per heavy atom. The van der Waals surface area contributed by atoms with Crippen LogP contribution < -0.4 is 9.47 Å². The summed E-state index contributed by atoms with van der Waals surface area (Å²) < 4.78 is 18.2. The lowest BCUT2D eigenvalue weighted by Gasteiger charge is -2.36. The first kappa shape index (κ1) is 33.4. The van der Waals surface area contributed by atoms with Gasteiger partial charge < -0.3 is 14.2 Å². The Kier molecular flexibility index (Phi) is 11.0. The Morgan fingerprint density at radius 2 is 1.26 bits per heavy atom. The second kappa shape index (κ2) is 15.5. The van der Waals surface area contributed by atoms with E-state index in [9.17, 15) is 14.4 Å². The molecule has 242 valence electrons. The first-order valence-electron chi connectivity index (χ1n) is 16.3. The molecule has 0 fully saturated rings. The molecule has 47 heavy (non-hydrogen) atoms. The number of rotatable bonds is 11. The third-order valence-electron chi connectivity index (χ3n) is 8.80. The van der Waals surface area contributed by atoms with Crippen molar-refractivity contribution in [1.29, 1.82) is 0 Å². The Labute approximate surface area is 277 Å². The van der Waals surface area contributed by atoms with Crippen molar-refractivity contribution in [3.63, 3.8) is 0 Å². The SMILES string of the molecule is CC(C)=CCCC(COC(=O)c1ccccc1)[C@@H]1CC[C@@H](C)c2c1cc(C)c(OC(=O)c1ccccc1)c2OC(=O)c1ccccc1. The van der Waals surface area contributed by atoms with E-state index < -0.39 is 11.9 Å². The van der Waals surface area contributed by atoms with Crippen molar-refractivity contribution >= 4 is 17.9 Å². The molecule has 0 amide bonds. The van der Waals surface area contributed by atoms with Crippen LogP contribution in [0, 0.1) is 12.8 Å². The van der Waals surface area contributed by atoms with E-state index in [-0.39, 0.29) is 41.8 Å². The number of allylic oxidation sites excluding steroid dienone is 2. The van der Waals surface area contributed by atoms with E-state index in [0.29, 0.717) is 22.3 Å². The third-order valence-corrected chi connectivity index (χ3v) is 8.80. The normalized spacial score (nSPS) is 15.9. The molecule has 0 saturated heterocycles. The summed E-state index contributed by atoms with van der Waals surface area (Å²) in [5.41, 5.74) is 5.13. The Bertz CT molecular complexity index is 1720. The van der Waals surface area contributed by atoms with Gasteiger partial charge in [0.2, 0.25) is 0 Å². The summed E-state index contributed by atoms with van der Waals surface area (Å²) in [6, 6.07) is 28.7. The maximum atomic E-state index is 13.5. The van der Waals surface area contributed by atoms with Gasteiger partial charge in [-0.15, -0.1) is 0 Å². The zero-order valence-corrected chi connectivity index (χ0v) is 27.5. The van der Waals surface area contributed by atoms with Crippen molar-refractivity contribution in [2.75, 3.05) is 6.61 Å². The summed E-state index contributed by atoms with van der Waals surface area (Å²) in [4.78, 5) is 39.9. The molecule has 0 radical (unpaired) electrons. The number of fused-ring (bicyclic) bond motifs is 1. The molecular weight excluding hydrogens is 588 g/mol. The fourth-order valence-corrected chi connectivity index (χ4v) is 6.35. The summed E-state index contributed by atoms with van der Waals surface area (Å²) in [6.07, 6.45) is 5.58. The summed E-state index contributed by atoms with van der Waals surface area (Å²) in [7, 11) is 0. The molecule has 3 atom stereocenters. The molecular formula is C41H42O6. The van der Waals surface area contributed by atoms with E-state index in [1.54, 1.807) is 60.7 Å². The van der Waals surface area contributed by atoms with Crippen LogP contribution in [0.4, 0.5) is 0 Å². The number of carbonyl (C=O) groups excluding carboxylic acids is 3. The highest BCUT2D eigenvalue weighted by atomic mass is 16.6. The van der Waals surface area contributed by atoms with Gasteiger partial charge in [-0.25, -0.2) is 14.4 Å². The minimum atomic E-state index is -0.530. The van der Waals surface area contributed by atoms with Gasteiger partial charge in [0.1, 0.15) is 0 Å². The molecule has 0 spiro atoms. The van der Waals surface area contributed by atoms with E-state index in [1.807, 2.05) is 37.3 Å². The van der Waals surface area contributed by atoms with Crippen molar-refractivity contribution in [2.24, 2.45) is 5.92 Å². The highest BCUT2D eigenvalue weighted by Crippen LogP contribution is 2.51. The highest BCUT2D eigenvalue weighted by Gasteiger charge is 2.36. The van der Waals surface area contributed by atoms with Crippen LogP contribution in [0.3, 0.4) is 0 Å². The van der Waals surface area contributed by atoms with E-state index in [2.05, 4.69) is 32.9 Å². The molecule has 4 aromatic carbocycles. The number of hydrogen-bond donors (Lipinski definition) is 0. The molecule has 0 aromatic heterocycles. The average Bonchev–Trinajstić information content (AvgIpc) is 3.08. The monoisotopic (exact) mass is 630 g/mol. The molecule has 6 nitrogen and oxygen atoms in total. The number of benzene rings is 4. The first-order valence-corrected chi connectivity index (χ1v) is 16.3. The lowest BCUT2D eigenvalue weighted by molar-refractivity contribution is 0.0403. The van der Waals surface area contributed by atoms with Crippen LogP contribution in [-0.2, 0) is 4.74 Å². The van der Waals surface area contributed by atoms with E-state index in [1.165, 1.54) is 5.57 Å². The fraction of sp³-hybridized carbons (Fsp3) is 0.293. The maximum Gasteiger partial charge on any atom is 0.343 e. The van der Waals surface area contributed by atoms with E-state index >= 15 is 0 Å². The molecule has 1 aliphatic carbocycles. The lowest BCUT2D eigenvalue weighted by Crippen LogP contribution is -2.26. The van der Waals surface area contributed by atoms with Gasteiger partial charge in [-0.05, 0) is 106 Å². The molecule has 0 saturated carbocycles. The predicted molar refractivity (Wildman–Crippen MR) is 183 cm³/mol. The van der Waals surface area contributed by atoms with Gasteiger partial charge in [-0.2, -0.15) is 0 Å². The van der Waals surface area contributed by atoms with Crippen LogP contribution in [0.25, 0.3) is 0 Å². The molecule has 6 heteroatoms. The predicted octanol–water partition coefficient (Wildman–Crippen LogP) is 9.63. The minimum absolute atomic E-state index is 0.0132. The average molecular weight is 631 g/mol. The second-order valence-electron chi connectivity index (χ2n) is 12.5. The molecule has 0 aliphatic heterocycles. The topological polar surface area (TPSA) is 78.9 Å². The number of carbonyl (C=O) groups is 3. The van der Waals surface area contributed by atoms with Crippen molar-refractivity contribution in [3.05, 3.63) is 142 Å². The van der Waals surface area contributed by atoms with Gasteiger partial charge in [-0.3, -0.25) is 0 Å². The van der Waals surface area contributed by atoms with Crippen LogP contribution in [0.5, 0.6) is 11.5 Å². The summed E-state index contributed by atoms with van der Waals surface area (Å²) in [5, 5.41) is 0. The van der Waals surface area contributed by atoms with Gasteiger partial charge in [0, 0.05) is 11.5 Å². The molecule has 1 unspecified atom stereocenters. The number of aryl methyl sites for hydroxylation is 1. The Balaban J connectivity index is 1.56. The van der Waals surface area contributed by atoms with Gasteiger partial charge >= 0.3 is 17.9 Å². The van der Waals surface area contributed by atoms with Gasteiger partial charge in [0.25, 0.3) is 0 Å². The van der Waals surface area contributed by atoms with Crippen LogP contribution in [0.2, 0.25) is 0 Å². The van der Waals surface area contributed by atoms with Gasteiger partial charge in [0.05, 0.1) is 23.3 Å². The van der Waals surface area contributed by atoms with E-state index in [0.717, 1.165) is 36.8 Å². The van der Waals surface area contributed by atoms with Gasteiger partial charge in [-0.1, -0.05) is 79.2 Å². The number of esters is 3. The van der Waals surface area contributed by atoms with Crippen LogP contribution >= 0.6 is 0 Å². The van der Waals surface area contributed by atoms with Gasteiger partial charge in [0.15, 0.2) is 11.5 Å².